The van der Waals surface area contributed by atoms with Crippen molar-refractivity contribution in [3.63, 3.8) is 0 Å². The molecule has 1 amide bonds. The molecule has 3 heterocycles. The van der Waals surface area contributed by atoms with Crippen LogP contribution in [0.25, 0.3) is 11.3 Å². The Kier molecular flexibility index (Phi) is 3.98. The van der Waals surface area contributed by atoms with E-state index in [0.29, 0.717) is 13.2 Å². The molecule has 2 aliphatic rings. The van der Waals surface area contributed by atoms with E-state index in [1.165, 1.54) is 0 Å². The molecule has 24 heavy (non-hydrogen) atoms. The van der Waals surface area contributed by atoms with Crippen molar-refractivity contribution in [2.45, 2.75) is 31.9 Å². The molecule has 6 heteroatoms. The average molecular weight is 327 g/mol. The average Bonchev–Trinajstić information content (AvgIpc) is 3.30. The maximum absolute atomic E-state index is 12.7. The number of rotatable bonds is 3. The van der Waals surface area contributed by atoms with Crippen LogP contribution < -0.4 is 9.64 Å². The lowest BCUT2D eigenvalue weighted by atomic mass is 10.1. The van der Waals surface area contributed by atoms with Gasteiger partial charge in [-0.15, -0.1) is 0 Å². The molecule has 0 spiro atoms. The van der Waals surface area contributed by atoms with Crippen molar-refractivity contribution in [1.29, 1.82) is 0 Å². The van der Waals surface area contributed by atoms with Gasteiger partial charge in [-0.05, 0) is 31.4 Å². The van der Waals surface area contributed by atoms with Crippen LogP contribution in [-0.4, -0.2) is 41.8 Å². The Morgan fingerprint density at radius 2 is 2.25 bits per heavy atom. The van der Waals surface area contributed by atoms with Crippen LogP contribution in [0, 0.1) is 0 Å². The standard InChI is InChI=1S/C18H21N3O3/c1-23-14-6-2-5-13(11-14)15-12-20-8-4-9-21(18(20)19-15)17(22)16-7-3-10-24-16/h2,5-6,11-12,16H,3-4,7-10H2,1H3/t16-/m0/s1. The number of imidazole rings is 1. The number of carbonyl (C=O) groups excluding carboxylic acids is 1. The number of hydrogen-bond donors (Lipinski definition) is 0. The Morgan fingerprint density at radius 1 is 1.33 bits per heavy atom. The van der Waals surface area contributed by atoms with Gasteiger partial charge in [-0.2, -0.15) is 0 Å². The second-order valence-electron chi connectivity index (χ2n) is 6.20. The van der Waals surface area contributed by atoms with Gasteiger partial charge in [0.2, 0.25) is 5.95 Å². The van der Waals surface area contributed by atoms with Crippen molar-refractivity contribution in [1.82, 2.24) is 9.55 Å². The summed E-state index contributed by atoms with van der Waals surface area (Å²) >= 11 is 0. The third-order valence-corrected chi connectivity index (χ3v) is 4.61. The molecule has 126 valence electrons. The smallest absolute Gasteiger partial charge is 0.258 e. The summed E-state index contributed by atoms with van der Waals surface area (Å²) in [5.74, 6) is 1.56. The highest BCUT2D eigenvalue weighted by Gasteiger charge is 2.33. The number of anilines is 1. The zero-order chi connectivity index (χ0) is 16.5. The van der Waals surface area contributed by atoms with Crippen LogP contribution in [0.2, 0.25) is 0 Å². The molecule has 0 N–H and O–H groups in total. The summed E-state index contributed by atoms with van der Waals surface area (Å²) < 4.78 is 12.9. The molecule has 1 fully saturated rings. The summed E-state index contributed by atoms with van der Waals surface area (Å²) in [4.78, 5) is 19.2. The second kappa shape index (κ2) is 6.28. The Hall–Kier alpha value is -2.34. The minimum Gasteiger partial charge on any atom is -0.497 e. The predicted octanol–water partition coefficient (Wildman–Crippen LogP) is 2.47. The highest BCUT2D eigenvalue weighted by atomic mass is 16.5. The first-order valence-electron chi connectivity index (χ1n) is 8.41. The topological polar surface area (TPSA) is 56.6 Å². The molecular weight excluding hydrogens is 306 g/mol. The van der Waals surface area contributed by atoms with Gasteiger partial charge >= 0.3 is 0 Å². The SMILES string of the molecule is COc1cccc(-c2cn3c(n2)N(C(=O)[C@@H]2CCCO2)CCC3)c1. The van der Waals surface area contributed by atoms with E-state index in [9.17, 15) is 4.79 Å². The summed E-state index contributed by atoms with van der Waals surface area (Å²) in [6.07, 6.45) is 4.39. The fourth-order valence-corrected chi connectivity index (χ4v) is 3.36. The molecule has 2 aromatic rings. The van der Waals surface area contributed by atoms with Crippen molar-refractivity contribution >= 4 is 11.9 Å². The fourth-order valence-electron chi connectivity index (χ4n) is 3.36. The van der Waals surface area contributed by atoms with Crippen LogP contribution in [0.5, 0.6) is 5.75 Å². The number of aromatic nitrogens is 2. The van der Waals surface area contributed by atoms with Crippen LogP contribution in [0.3, 0.4) is 0 Å². The highest BCUT2D eigenvalue weighted by molar-refractivity contribution is 5.95. The normalized spacial score (nSPS) is 20.0. The molecule has 0 aliphatic carbocycles. The lowest BCUT2D eigenvalue weighted by Gasteiger charge is -2.28. The largest absolute Gasteiger partial charge is 0.497 e. The Labute approximate surface area is 141 Å². The lowest BCUT2D eigenvalue weighted by Crippen LogP contribution is -2.43. The van der Waals surface area contributed by atoms with E-state index in [2.05, 4.69) is 4.57 Å². The summed E-state index contributed by atoms with van der Waals surface area (Å²) in [7, 11) is 1.65. The minimum atomic E-state index is -0.312. The third-order valence-electron chi connectivity index (χ3n) is 4.61. The van der Waals surface area contributed by atoms with E-state index in [-0.39, 0.29) is 12.0 Å². The van der Waals surface area contributed by atoms with Crippen LogP contribution in [0.4, 0.5) is 5.95 Å². The molecule has 0 radical (unpaired) electrons. The Bertz CT molecular complexity index is 750. The van der Waals surface area contributed by atoms with Gasteiger partial charge in [0.1, 0.15) is 11.9 Å². The number of benzene rings is 1. The summed E-state index contributed by atoms with van der Waals surface area (Å²) in [6.45, 7) is 2.25. The quantitative estimate of drug-likeness (QED) is 0.869. The van der Waals surface area contributed by atoms with Crippen LogP contribution in [0.1, 0.15) is 19.3 Å². The third kappa shape index (κ3) is 2.67. The van der Waals surface area contributed by atoms with Crippen LogP contribution in [-0.2, 0) is 16.1 Å². The second-order valence-corrected chi connectivity index (χ2v) is 6.20. The molecule has 0 unspecified atom stereocenters. The van der Waals surface area contributed by atoms with Gasteiger partial charge in [0, 0.05) is 31.5 Å². The van der Waals surface area contributed by atoms with Crippen molar-refractivity contribution in [2.75, 3.05) is 25.2 Å². The van der Waals surface area contributed by atoms with E-state index in [1.807, 2.05) is 30.5 Å². The summed E-state index contributed by atoms with van der Waals surface area (Å²) in [5, 5.41) is 0. The number of methoxy groups -OCH3 is 1. The van der Waals surface area contributed by atoms with Gasteiger partial charge < -0.3 is 14.0 Å². The number of amides is 1. The monoisotopic (exact) mass is 327 g/mol. The molecule has 2 aliphatic heterocycles. The fraction of sp³-hybridized carbons (Fsp3) is 0.444. The number of ether oxygens (including phenoxy) is 2. The minimum absolute atomic E-state index is 0.0382. The maximum Gasteiger partial charge on any atom is 0.258 e. The molecule has 4 rings (SSSR count). The van der Waals surface area contributed by atoms with E-state index in [0.717, 1.165) is 48.8 Å². The molecule has 1 saturated heterocycles. The molecule has 1 aromatic heterocycles. The first kappa shape index (κ1) is 15.2. The lowest BCUT2D eigenvalue weighted by molar-refractivity contribution is -0.127. The highest BCUT2D eigenvalue weighted by Crippen LogP contribution is 2.29. The van der Waals surface area contributed by atoms with E-state index < -0.39 is 0 Å². The molecule has 0 bridgehead atoms. The van der Waals surface area contributed by atoms with Crippen molar-refractivity contribution in [2.24, 2.45) is 0 Å². The van der Waals surface area contributed by atoms with Crippen molar-refractivity contribution in [3.05, 3.63) is 30.5 Å². The zero-order valence-electron chi connectivity index (χ0n) is 13.8. The number of hydrogen-bond acceptors (Lipinski definition) is 4. The Balaban J connectivity index is 1.66. The van der Waals surface area contributed by atoms with E-state index >= 15 is 0 Å². The van der Waals surface area contributed by atoms with Crippen LogP contribution in [0.15, 0.2) is 30.5 Å². The van der Waals surface area contributed by atoms with E-state index in [1.54, 1.807) is 12.0 Å². The molecule has 6 nitrogen and oxygen atoms in total. The van der Waals surface area contributed by atoms with E-state index in [4.69, 9.17) is 14.5 Å². The van der Waals surface area contributed by atoms with Crippen LogP contribution >= 0.6 is 0 Å². The predicted molar refractivity (Wildman–Crippen MR) is 90.2 cm³/mol. The van der Waals surface area contributed by atoms with Gasteiger partial charge in [0.25, 0.3) is 5.91 Å². The van der Waals surface area contributed by atoms with Gasteiger partial charge in [-0.25, -0.2) is 4.98 Å². The summed E-state index contributed by atoms with van der Waals surface area (Å²) in [5.41, 5.74) is 1.84. The molecular formula is C18H21N3O3. The number of aryl methyl sites for hydroxylation is 1. The van der Waals surface area contributed by atoms with Crippen molar-refractivity contribution in [3.8, 4) is 17.0 Å². The van der Waals surface area contributed by atoms with Gasteiger partial charge in [-0.3, -0.25) is 9.69 Å². The Morgan fingerprint density at radius 3 is 3.04 bits per heavy atom. The van der Waals surface area contributed by atoms with Gasteiger partial charge in [-0.1, -0.05) is 12.1 Å². The summed E-state index contributed by atoms with van der Waals surface area (Å²) in [6, 6.07) is 7.82. The zero-order valence-corrected chi connectivity index (χ0v) is 13.8. The van der Waals surface area contributed by atoms with Gasteiger partial charge in [0.05, 0.1) is 12.8 Å². The van der Waals surface area contributed by atoms with Gasteiger partial charge in [0.15, 0.2) is 0 Å². The maximum atomic E-state index is 12.7. The molecule has 1 atom stereocenters. The van der Waals surface area contributed by atoms with Crippen molar-refractivity contribution < 1.29 is 14.3 Å². The number of fused-ring (bicyclic) bond motifs is 1. The number of carbonyl (C=O) groups is 1. The molecule has 0 saturated carbocycles. The number of nitrogens with zero attached hydrogens (tertiary/aromatic N) is 3. The first-order valence-corrected chi connectivity index (χ1v) is 8.41. The molecule has 1 aromatic carbocycles. The first-order chi connectivity index (χ1) is 11.8.